The molecule has 14 heteroatoms. The number of carboxylic acids is 6. The maximum atomic E-state index is 9.10. The second kappa shape index (κ2) is 16.9. The fourth-order valence-electron chi connectivity index (χ4n) is 0. The van der Waals surface area contributed by atoms with Crippen molar-refractivity contribution in [1.82, 2.24) is 0 Å². The van der Waals surface area contributed by atoms with Crippen molar-refractivity contribution in [2.24, 2.45) is 0 Å². The van der Waals surface area contributed by atoms with Crippen molar-refractivity contribution in [3.63, 3.8) is 0 Å². The summed E-state index contributed by atoms with van der Waals surface area (Å²) in [5.41, 5.74) is 0. The molecule has 0 saturated heterocycles. The van der Waals surface area contributed by atoms with Crippen LogP contribution in [-0.2, 0) is 62.9 Å². The molecular weight excluding hydrogens is 375 g/mol. The average Bonchev–Trinajstić information content (AvgIpc) is 2.18. The molecule has 0 aliphatic heterocycles. The van der Waals surface area contributed by atoms with Crippen LogP contribution >= 0.6 is 0 Å². The summed E-state index contributed by atoms with van der Waals surface area (Å²) < 4.78 is 0. The first-order valence-corrected chi connectivity index (χ1v) is 3.32. The van der Waals surface area contributed by atoms with Crippen molar-refractivity contribution < 1.29 is 93.5 Å². The van der Waals surface area contributed by atoms with Gasteiger partial charge in [0.2, 0.25) is 0 Å². The van der Waals surface area contributed by atoms with Crippen LogP contribution in [0.15, 0.2) is 0 Å². The first-order chi connectivity index (χ1) is 7.93. The summed E-state index contributed by atoms with van der Waals surface area (Å²) in [6.45, 7) is 0. The molecule has 0 aromatic carbocycles. The van der Waals surface area contributed by atoms with Crippen LogP contribution in [-0.4, -0.2) is 66.5 Å². The van der Waals surface area contributed by atoms with Crippen LogP contribution in [0.1, 0.15) is 0 Å². The molecular formula is C6H6FeMnO12. The molecule has 0 saturated carbocycles. The molecule has 117 valence electrons. The van der Waals surface area contributed by atoms with Gasteiger partial charge in [0.1, 0.15) is 0 Å². The third kappa shape index (κ3) is 36.0. The smallest absolute Gasteiger partial charge is 0.414 e. The predicted octanol–water partition coefficient (Wildman–Crippen LogP) is -2.54. The van der Waals surface area contributed by atoms with Crippen LogP contribution in [0.2, 0.25) is 0 Å². The average molecular weight is 381 g/mol. The third-order valence-corrected chi connectivity index (χ3v) is 0.549. The van der Waals surface area contributed by atoms with E-state index in [2.05, 4.69) is 0 Å². The monoisotopic (exact) mass is 381 g/mol. The minimum absolute atomic E-state index is 0. The number of hydrogen-bond donors (Lipinski definition) is 6. The summed E-state index contributed by atoms with van der Waals surface area (Å²) in [6.07, 6.45) is 0. The van der Waals surface area contributed by atoms with Gasteiger partial charge in [-0.15, -0.1) is 0 Å². The van der Waals surface area contributed by atoms with Gasteiger partial charge in [0.05, 0.1) is 0 Å². The third-order valence-electron chi connectivity index (χ3n) is 0.549. The van der Waals surface area contributed by atoms with E-state index in [4.69, 9.17) is 59.4 Å². The number of carbonyl (C=O) groups is 6. The number of rotatable bonds is 0. The van der Waals surface area contributed by atoms with Gasteiger partial charge in [-0.25, -0.2) is 28.8 Å². The minimum Gasteiger partial charge on any atom is -0.473 e. The van der Waals surface area contributed by atoms with Gasteiger partial charge in [-0.2, -0.15) is 0 Å². The Hall–Kier alpha value is -2.14. The Bertz CT molecular complexity index is 283. The van der Waals surface area contributed by atoms with Crippen molar-refractivity contribution in [3.05, 3.63) is 0 Å². The molecule has 0 fully saturated rings. The Labute approximate surface area is 130 Å². The zero-order valence-corrected chi connectivity index (χ0v) is 11.1. The summed E-state index contributed by atoms with van der Waals surface area (Å²) in [6, 6.07) is 0. The summed E-state index contributed by atoms with van der Waals surface area (Å²) in [5, 5.41) is 44.3. The largest absolute Gasteiger partial charge is 0.473 e. The van der Waals surface area contributed by atoms with E-state index in [1.54, 1.807) is 0 Å². The van der Waals surface area contributed by atoms with E-state index in [-0.39, 0.29) is 34.1 Å². The van der Waals surface area contributed by atoms with Crippen molar-refractivity contribution in [2.75, 3.05) is 0 Å². The van der Waals surface area contributed by atoms with E-state index >= 15 is 0 Å². The van der Waals surface area contributed by atoms with Crippen LogP contribution in [0.25, 0.3) is 0 Å². The summed E-state index contributed by atoms with van der Waals surface area (Å²) in [4.78, 5) is 54.6. The summed E-state index contributed by atoms with van der Waals surface area (Å²) in [7, 11) is 0. The SMILES string of the molecule is O=C(O)C(=O)O.O=C(O)C(=O)O.O=C(O)C(=O)O.[Fe].[Mn]. The maximum Gasteiger partial charge on any atom is 0.414 e. The first-order valence-electron chi connectivity index (χ1n) is 3.32. The van der Waals surface area contributed by atoms with Crippen LogP contribution in [0.4, 0.5) is 0 Å². The number of aliphatic carboxylic acids is 6. The van der Waals surface area contributed by atoms with Gasteiger partial charge in [0.15, 0.2) is 0 Å². The molecule has 0 aromatic heterocycles. The van der Waals surface area contributed by atoms with Crippen LogP contribution < -0.4 is 0 Å². The summed E-state index contributed by atoms with van der Waals surface area (Å²) >= 11 is 0. The molecule has 12 nitrogen and oxygen atoms in total. The Morgan fingerprint density at radius 1 is 0.400 bits per heavy atom. The molecule has 0 aliphatic rings. The fraction of sp³-hybridized carbons (Fsp3) is 0. The molecule has 0 aliphatic carbocycles. The molecule has 0 spiro atoms. The topological polar surface area (TPSA) is 224 Å². The molecule has 0 rings (SSSR count). The minimum atomic E-state index is -1.82. The first kappa shape index (κ1) is 30.7. The zero-order valence-electron chi connectivity index (χ0n) is 8.86. The van der Waals surface area contributed by atoms with E-state index in [1.807, 2.05) is 0 Å². The van der Waals surface area contributed by atoms with Gasteiger partial charge in [-0.3, -0.25) is 0 Å². The van der Waals surface area contributed by atoms with Crippen LogP contribution in [0.3, 0.4) is 0 Å². The molecule has 6 N–H and O–H groups in total. The normalized spacial score (nSPS) is 6.60. The molecule has 0 unspecified atom stereocenters. The van der Waals surface area contributed by atoms with Gasteiger partial charge in [-0.1, -0.05) is 0 Å². The van der Waals surface area contributed by atoms with Gasteiger partial charge < -0.3 is 30.6 Å². The van der Waals surface area contributed by atoms with Crippen molar-refractivity contribution in [1.29, 1.82) is 0 Å². The van der Waals surface area contributed by atoms with Crippen molar-refractivity contribution in [2.45, 2.75) is 0 Å². The van der Waals surface area contributed by atoms with Gasteiger partial charge in [0.25, 0.3) is 0 Å². The molecule has 0 amide bonds. The Balaban J connectivity index is -0.0000000536. The quantitative estimate of drug-likeness (QED) is 0.189. The van der Waals surface area contributed by atoms with E-state index in [0.29, 0.717) is 0 Å². The molecule has 0 heterocycles. The van der Waals surface area contributed by atoms with E-state index < -0.39 is 35.8 Å². The van der Waals surface area contributed by atoms with Crippen molar-refractivity contribution in [3.8, 4) is 0 Å². The van der Waals surface area contributed by atoms with Gasteiger partial charge in [0, 0.05) is 34.1 Å². The molecule has 0 atom stereocenters. The van der Waals surface area contributed by atoms with E-state index in [1.165, 1.54) is 0 Å². The molecule has 1 radical (unpaired) electrons. The van der Waals surface area contributed by atoms with Crippen LogP contribution in [0.5, 0.6) is 0 Å². The molecule has 0 bridgehead atoms. The fourth-order valence-corrected chi connectivity index (χ4v) is 0. The standard InChI is InChI=1S/3C2H2O4.Fe.Mn/c3*3-1(4)2(5)6;;/h3*(H,3,4)(H,5,6);;. The number of carboxylic acid groups (broad SMARTS) is 6. The molecule has 20 heavy (non-hydrogen) atoms. The van der Waals surface area contributed by atoms with Crippen LogP contribution in [0, 0.1) is 0 Å². The predicted molar refractivity (Wildman–Crippen MR) is 45.8 cm³/mol. The Morgan fingerprint density at radius 3 is 0.450 bits per heavy atom. The second-order valence-electron chi connectivity index (χ2n) is 1.83. The Morgan fingerprint density at radius 2 is 0.450 bits per heavy atom. The maximum absolute atomic E-state index is 9.10. The second-order valence-corrected chi connectivity index (χ2v) is 1.83. The van der Waals surface area contributed by atoms with Gasteiger partial charge >= 0.3 is 35.8 Å². The Kier molecular flexibility index (Phi) is 25.9. The van der Waals surface area contributed by atoms with Gasteiger partial charge in [-0.05, 0) is 0 Å². The van der Waals surface area contributed by atoms with Crippen molar-refractivity contribution >= 4 is 35.8 Å². The van der Waals surface area contributed by atoms with E-state index in [0.717, 1.165) is 0 Å². The summed E-state index contributed by atoms with van der Waals surface area (Å²) in [5.74, 6) is -10.9. The zero-order chi connectivity index (χ0) is 15.5. The van der Waals surface area contributed by atoms with E-state index in [9.17, 15) is 0 Å². The molecule has 0 aromatic rings. The number of hydrogen-bond acceptors (Lipinski definition) is 6.